The SMILES string of the molecule is Clc1ccc(-n2cncn2)c(NCc2cccc(Br)n2)c1. The van der Waals surface area contributed by atoms with Gasteiger partial charge in [0.05, 0.1) is 23.6 Å². The highest BCUT2D eigenvalue weighted by molar-refractivity contribution is 9.10. The number of pyridine rings is 1. The van der Waals surface area contributed by atoms with Crippen LogP contribution in [0.4, 0.5) is 5.69 Å². The van der Waals surface area contributed by atoms with Gasteiger partial charge < -0.3 is 5.32 Å². The van der Waals surface area contributed by atoms with Gasteiger partial charge in [0.15, 0.2) is 0 Å². The maximum atomic E-state index is 6.08. The first-order valence-corrected chi connectivity index (χ1v) is 7.39. The summed E-state index contributed by atoms with van der Waals surface area (Å²) in [5, 5.41) is 8.13. The average Bonchev–Trinajstić information content (AvgIpc) is 2.99. The molecular formula is C14H11BrClN5. The highest BCUT2D eigenvalue weighted by Gasteiger charge is 2.07. The Labute approximate surface area is 135 Å². The molecule has 0 spiro atoms. The van der Waals surface area contributed by atoms with E-state index in [0.717, 1.165) is 21.7 Å². The number of halogens is 2. The van der Waals surface area contributed by atoms with Crippen molar-refractivity contribution in [1.82, 2.24) is 19.7 Å². The first kappa shape index (κ1) is 14.0. The van der Waals surface area contributed by atoms with Gasteiger partial charge in [0.2, 0.25) is 0 Å². The van der Waals surface area contributed by atoms with Crippen LogP contribution in [0.2, 0.25) is 5.02 Å². The molecule has 0 atom stereocenters. The van der Waals surface area contributed by atoms with E-state index in [4.69, 9.17) is 11.6 Å². The minimum absolute atomic E-state index is 0.585. The molecule has 2 aromatic heterocycles. The van der Waals surface area contributed by atoms with Gasteiger partial charge in [-0.15, -0.1) is 0 Å². The predicted molar refractivity (Wildman–Crippen MR) is 85.6 cm³/mol. The van der Waals surface area contributed by atoms with Crippen molar-refractivity contribution in [3.05, 3.63) is 64.4 Å². The lowest BCUT2D eigenvalue weighted by Gasteiger charge is -2.12. The Hall–Kier alpha value is -1.92. The summed E-state index contributed by atoms with van der Waals surface area (Å²) < 4.78 is 2.50. The number of benzene rings is 1. The standard InChI is InChI=1S/C14H11BrClN5/c15-14-3-1-2-11(20-14)7-18-12-6-10(16)4-5-13(12)21-9-17-8-19-21/h1-6,8-9,18H,7H2. The summed E-state index contributed by atoms with van der Waals surface area (Å²) in [5.41, 5.74) is 2.68. The highest BCUT2D eigenvalue weighted by atomic mass is 79.9. The molecule has 0 fully saturated rings. The van der Waals surface area contributed by atoms with Gasteiger partial charge in [-0.2, -0.15) is 5.10 Å². The zero-order chi connectivity index (χ0) is 14.7. The summed E-state index contributed by atoms with van der Waals surface area (Å²) in [6, 6.07) is 11.4. The summed E-state index contributed by atoms with van der Waals surface area (Å²) in [5.74, 6) is 0. The molecule has 21 heavy (non-hydrogen) atoms. The highest BCUT2D eigenvalue weighted by Crippen LogP contribution is 2.24. The van der Waals surface area contributed by atoms with Crippen LogP contribution < -0.4 is 5.32 Å². The lowest BCUT2D eigenvalue weighted by molar-refractivity contribution is 0.876. The predicted octanol–water partition coefficient (Wildman–Crippen LogP) is 3.69. The van der Waals surface area contributed by atoms with E-state index in [1.165, 1.54) is 6.33 Å². The van der Waals surface area contributed by atoms with Gasteiger partial charge in [0, 0.05) is 5.02 Å². The Morgan fingerprint density at radius 2 is 2.14 bits per heavy atom. The van der Waals surface area contributed by atoms with E-state index in [-0.39, 0.29) is 0 Å². The maximum absolute atomic E-state index is 6.08. The van der Waals surface area contributed by atoms with Crippen molar-refractivity contribution < 1.29 is 0 Å². The van der Waals surface area contributed by atoms with Gasteiger partial charge in [-0.1, -0.05) is 17.7 Å². The van der Waals surface area contributed by atoms with Gasteiger partial charge in [-0.3, -0.25) is 0 Å². The number of anilines is 1. The first-order valence-electron chi connectivity index (χ1n) is 6.22. The van der Waals surface area contributed by atoms with Crippen molar-refractivity contribution in [2.45, 2.75) is 6.54 Å². The number of nitrogens with zero attached hydrogens (tertiary/aromatic N) is 4. The first-order chi connectivity index (χ1) is 10.2. The van der Waals surface area contributed by atoms with Crippen LogP contribution in [0.15, 0.2) is 53.7 Å². The second-order valence-electron chi connectivity index (χ2n) is 4.31. The largest absolute Gasteiger partial charge is 0.378 e. The molecule has 3 aromatic rings. The third-order valence-corrected chi connectivity index (χ3v) is 3.53. The summed E-state index contributed by atoms with van der Waals surface area (Å²) in [4.78, 5) is 8.35. The minimum atomic E-state index is 0.585. The van der Waals surface area contributed by atoms with E-state index in [0.29, 0.717) is 11.6 Å². The Morgan fingerprint density at radius 3 is 2.90 bits per heavy atom. The topological polar surface area (TPSA) is 55.6 Å². The van der Waals surface area contributed by atoms with Crippen LogP contribution in [-0.2, 0) is 6.54 Å². The van der Waals surface area contributed by atoms with Crippen LogP contribution in [0.1, 0.15) is 5.69 Å². The van der Waals surface area contributed by atoms with E-state index in [1.807, 2.05) is 36.4 Å². The number of rotatable bonds is 4. The summed E-state index contributed by atoms with van der Waals surface area (Å²) >= 11 is 9.44. The molecule has 106 valence electrons. The molecular weight excluding hydrogens is 354 g/mol. The molecule has 3 rings (SSSR count). The molecule has 5 nitrogen and oxygen atoms in total. The molecule has 1 N–H and O–H groups in total. The number of aromatic nitrogens is 4. The van der Waals surface area contributed by atoms with Crippen molar-refractivity contribution >= 4 is 33.2 Å². The third-order valence-electron chi connectivity index (χ3n) is 2.86. The van der Waals surface area contributed by atoms with E-state index >= 15 is 0 Å². The lowest BCUT2D eigenvalue weighted by Crippen LogP contribution is -2.06. The van der Waals surface area contributed by atoms with Gasteiger partial charge in [0.25, 0.3) is 0 Å². The summed E-state index contributed by atoms with van der Waals surface area (Å²) in [6.45, 7) is 0.585. The third kappa shape index (κ3) is 3.40. The average molecular weight is 365 g/mol. The van der Waals surface area contributed by atoms with E-state index in [2.05, 4.69) is 36.3 Å². The van der Waals surface area contributed by atoms with E-state index in [1.54, 1.807) is 11.0 Å². The number of hydrogen-bond acceptors (Lipinski definition) is 4. The Balaban J connectivity index is 1.86. The normalized spacial score (nSPS) is 10.6. The van der Waals surface area contributed by atoms with Crippen molar-refractivity contribution in [2.24, 2.45) is 0 Å². The smallest absolute Gasteiger partial charge is 0.138 e. The molecule has 0 saturated heterocycles. The molecule has 2 heterocycles. The van der Waals surface area contributed by atoms with E-state index in [9.17, 15) is 0 Å². The fourth-order valence-corrected chi connectivity index (χ4v) is 2.47. The Bertz CT molecular complexity index is 745. The zero-order valence-electron chi connectivity index (χ0n) is 10.9. The van der Waals surface area contributed by atoms with Crippen LogP contribution in [0.5, 0.6) is 0 Å². The lowest BCUT2D eigenvalue weighted by atomic mass is 10.2. The van der Waals surface area contributed by atoms with Gasteiger partial charge in [-0.05, 0) is 46.3 Å². The van der Waals surface area contributed by atoms with E-state index < -0.39 is 0 Å². The maximum Gasteiger partial charge on any atom is 0.138 e. The molecule has 0 amide bonds. The van der Waals surface area contributed by atoms with Gasteiger partial charge >= 0.3 is 0 Å². The monoisotopic (exact) mass is 363 g/mol. The van der Waals surface area contributed by atoms with Crippen molar-refractivity contribution in [1.29, 1.82) is 0 Å². The van der Waals surface area contributed by atoms with Crippen LogP contribution in [0.3, 0.4) is 0 Å². The van der Waals surface area contributed by atoms with Crippen LogP contribution in [0.25, 0.3) is 5.69 Å². The number of nitrogens with one attached hydrogen (secondary N) is 1. The van der Waals surface area contributed by atoms with Crippen LogP contribution in [0, 0.1) is 0 Å². The van der Waals surface area contributed by atoms with Gasteiger partial charge in [0.1, 0.15) is 17.3 Å². The van der Waals surface area contributed by atoms with Crippen molar-refractivity contribution in [3.63, 3.8) is 0 Å². The van der Waals surface area contributed by atoms with Crippen molar-refractivity contribution in [3.8, 4) is 5.69 Å². The Kier molecular flexibility index (Phi) is 4.17. The molecule has 0 aliphatic rings. The van der Waals surface area contributed by atoms with Crippen LogP contribution >= 0.6 is 27.5 Å². The van der Waals surface area contributed by atoms with Crippen LogP contribution in [-0.4, -0.2) is 19.7 Å². The number of hydrogen-bond donors (Lipinski definition) is 1. The molecule has 0 saturated carbocycles. The second-order valence-corrected chi connectivity index (χ2v) is 5.56. The minimum Gasteiger partial charge on any atom is -0.378 e. The Morgan fingerprint density at radius 1 is 1.24 bits per heavy atom. The molecule has 0 aliphatic heterocycles. The van der Waals surface area contributed by atoms with Gasteiger partial charge in [-0.25, -0.2) is 14.6 Å². The summed E-state index contributed by atoms with van der Waals surface area (Å²) in [6.07, 6.45) is 3.14. The second kappa shape index (κ2) is 6.24. The molecule has 0 aliphatic carbocycles. The molecule has 0 unspecified atom stereocenters. The molecule has 7 heteroatoms. The zero-order valence-corrected chi connectivity index (χ0v) is 13.2. The quantitative estimate of drug-likeness (QED) is 0.717. The fraction of sp³-hybridized carbons (Fsp3) is 0.0714. The molecule has 0 radical (unpaired) electrons. The van der Waals surface area contributed by atoms with Crippen molar-refractivity contribution in [2.75, 3.05) is 5.32 Å². The molecule has 1 aromatic carbocycles. The fourth-order valence-electron chi connectivity index (χ4n) is 1.92. The molecule has 0 bridgehead atoms. The summed E-state index contributed by atoms with van der Waals surface area (Å²) in [7, 11) is 0.